The van der Waals surface area contributed by atoms with E-state index in [0.717, 1.165) is 42.5 Å². The molecule has 0 saturated carbocycles. The van der Waals surface area contributed by atoms with Crippen molar-refractivity contribution >= 4 is 17.6 Å². The third kappa shape index (κ3) is 3.83. The number of aromatic nitrogens is 3. The molecule has 1 aromatic carbocycles. The number of esters is 1. The molecule has 3 aromatic rings. The first-order chi connectivity index (χ1) is 17.4. The van der Waals surface area contributed by atoms with E-state index in [1.807, 2.05) is 29.0 Å². The summed E-state index contributed by atoms with van der Waals surface area (Å²) in [4.78, 5) is 41.2. The van der Waals surface area contributed by atoms with Crippen molar-refractivity contribution in [3.63, 3.8) is 0 Å². The fourth-order valence-electron chi connectivity index (χ4n) is 5.75. The molecule has 4 heterocycles. The van der Waals surface area contributed by atoms with E-state index in [1.54, 1.807) is 18.5 Å². The average Bonchev–Trinajstić information content (AvgIpc) is 3.16. The number of pyridine rings is 1. The van der Waals surface area contributed by atoms with Crippen LogP contribution >= 0.6 is 0 Å². The molecule has 6 rings (SSSR count). The maximum Gasteiger partial charge on any atom is 0.339 e. The van der Waals surface area contributed by atoms with Gasteiger partial charge in [-0.2, -0.15) is 0 Å². The van der Waals surface area contributed by atoms with Crippen molar-refractivity contribution in [2.24, 2.45) is 0 Å². The first kappa shape index (κ1) is 22.7. The number of hydrogen-bond donors (Lipinski definition) is 1. The van der Waals surface area contributed by atoms with Gasteiger partial charge in [-0.15, -0.1) is 0 Å². The predicted octanol–water partition coefficient (Wildman–Crippen LogP) is 3.49. The molecule has 186 valence electrons. The molecule has 3 aliphatic rings. The minimum atomic E-state index is -0.998. The Bertz CT molecular complexity index is 1380. The Labute approximate surface area is 208 Å². The van der Waals surface area contributed by atoms with Crippen molar-refractivity contribution in [2.45, 2.75) is 50.7 Å². The number of nitrogens with zero attached hydrogens (tertiary/aromatic N) is 4. The minimum absolute atomic E-state index is 0.0680. The van der Waals surface area contributed by atoms with Gasteiger partial charge in [0.2, 0.25) is 5.95 Å². The number of hydrogen-bond acceptors (Lipinski definition) is 7. The summed E-state index contributed by atoms with van der Waals surface area (Å²) in [5.74, 6) is -0.373. The number of H-pyrrole nitrogens is 1. The van der Waals surface area contributed by atoms with E-state index in [9.17, 15) is 9.59 Å². The number of nitrogens with one attached hydrogen (secondary N) is 1. The topological polar surface area (TPSA) is 91.4 Å². The van der Waals surface area contributed by atoms with Gasteiger partial charge in [-0.05, 0) is 49.4 Å². The van der Waals surface area contributed by atoms with E-state index >= 15 is 4.39 Å². The van der Waals surface area contributed by atoms with Gasteiger partial charge in [0.15, 0.2) is 0 Å². The van der Waals surface area contributed by atoms with Crippen molar-refractivity contribution in [1.82, 2.24) is 15.0 Å². The summed E-state index contributed by atoms with van der Waals surface area (Å²) in [6.07, 6.45) is 7.96. The highest BCUT2D eigenvalue weighted by Gasteiger charge is 2.50. The number of rotatable bonds is 4. The van der Waals surface area contributed by atoms with E-state index in [1.165, 1.54) is 6.07 Å². The van der Waals surface area contributed by atoms with Gasteiger partial charge in [0, 0.05) is 68.7 Å². The normalized spacial score (nSPS) is 18.1. The highest BCUT2D eigenvalue weighted by Crippen LogP contribution is 2.46. The lowest BCUT2D eigenvalue weighted by molar-refractivity contribution is -0.0225. The lowest BCUT2D eigenvalue weighted by Crippen LogP contribution is -2.44. The van der Waals surface area contributed by atoms with E-state index in [2.05, 4.69) is 9.97 Å². The zero-order valence-corrected chi connectivity index (χ0v) is 20.2. The third-order valence-electron chi connectivity index (χ3n) is 7.67. The van der Waals surface area contributed by atoms with Crippen LogP contribution in [0, 0.1) is 5.82 Å². The van der Waals surface area contributed by atoms with Crippen molar-refractivity contribution in [2.75, 3.05) is 29.9 Å². The number of carbonyl (C=O) groups is 1. The van der Waals surface area contributed by atoms with Gasteiger partial charge in [-0.3, -0.25) is 14.8 Å². The van der Waals surface area contributed by atoms with Crippen LogP contribution in [0.5, 0.6) is 0 Å². The number of piperidine rings is 1. The second-order valence-electron chi connectivity index (χ2n) is 9.96. The lowest BCUT2D eigenvalue weighted by atomic mass is 9.83. The first-order valence-corrected chi connectivity index (χ1v) is 12.5. The molecule has 0 radical (unpaired) electrons. The third-order valence-corrected chi connectivity index (χ3v) is 7.67. The van der Waals surface area contributed by atoms with Gasteiger partial charge in [-0.1, -0.05) is 6.07 Å². The van der Waals surface area contributed by atoms with Crippen molar-refractivity contribution < 1.29 is 13.9 Å². The Morgan fingerprint density at radius 2 is 2.00 bits per heavy atom. The second kappa shape index (κ2) is 8.72. The Hall–Kier alpha value is -3.75. The van der Waals surface area contributed by atoms with E-state index in [-0.39, 0.29) is 11.1 Å². The minimum Gasteiger partial charge on any atom is -0.450 e. The molecule has 0 amide bonds. The largest absolute Gasteiger partial charge is 0.450 e. The van der Waals surface area contributed by atoms with Crippen LogP contribution in [0.25, 0.3) is 0 Å². The number of aryl methyl sites for hydroxylation is 1. The quantitative estimate of drug-likeness (QED) is 0.561. The fourth-order valence-corrected chi connectivity index (χ4v) is 5.75. The summed E-state index contributed by atoms with van der Waals surface area (Å²) in [6, 6.07) is 7.01. The van der Waals surface area contributed by atoms with Gasteiger partial charge >= 0.3 is 5.97 Å². The van der Waals surface area contributed by atoms with Crippen LogP contribution in [-0.4, -0.2) is 41.1 Å². The highest BCUT2D eigenvalue weighted by atomic mass is 19.1. The number of aromatic amines is 1. The molecule has 1 aliphatic carbocycles. The maximum absolute atomic E-state index is 15.6. The summed E-state index contributed by atoms with van der Waals surface area (Å²) in [5.41, 5.74) is 2.84. The lowest BCUT2D eigenvalue weighted by Gasteiger charge is -2.39. The van der Waals surface area contributed by atoms with Crippen LogP contribution in [0.15, 0.2) is 41.5 Å². The van der Waals surface area contributed by atoms with Gasteiger partial charge in [0.05, 0.1) is 11.3 Å². The molecule has 2 aromatic heterocycles. The van der Waals surface area contributed by atoms with Crippen LogP contribution in [0.1, 0.15) is 58.4 Å². The zero-order chi connectivity index (χ0) is 24.9. The summed E-state index contributed by atoms with van der Waals surface area (Å²) >= 11 is 0. The zero-order valence-electron chi connectivity index (χ0n) is 20.2. The fraction of sp³-hybridized carbons (Fsp3) is 0.407. The number of carbonyl (C=O) groups excluding carboxylic acids is 1. The standard InChI is InChI=1S/C27H28FN5O3/c1-32(16-17-5-4-10-29-15-17)18-13-20-23(21(28)14-18)27(36-25(20)35)8-11-33(12-9-27)26-30-22-7-3-2-6-19(22)24(34)31-26/h4-5,10,13-15H,2-3,6-9,11-12,16H2,1H3,(H,30,31,34). The molecule has 1 N–H and O–H groups in total. The molecule has 1 saturated heterocycles. The van der Waals surface area contributed by atoms with Crippen molar-refractivity contribution in [1.29, 1.82) is 0 Å². The van der Waals surface area contributed by atoms with Gasteiger partial charge < -0.3 is 14.5 Å². The number of halogens is 1. The summed E-state index contributed by atoms with van der Waals surface area (Å²) in [7, 11) is 1.86. The number of benzene rings is 1. The van der Waals surface area contributed by atoms with Crippen LogP contribution in [0.3, 0.4) is 0 Å². The molecule has 0 bridgehead atoms. The van der Waals surface area contributed by atoms with Crippen LogP contribution < -0.4 is 15.4 Å². The molecular weight excluding hydrogens is 461 g/mol. The molecule has 0 atom stereocenters. The Balaban J connectivity index is 1.24. The van der Waals surface area contributed by atoms with Crippen LogP contribution in [-0.2, 0) is 29.7 Å². The average molecular weight is 490 g/mol. The van der Waals surface area contributed by atoms with Gasteiger partial charge in [0.1, 0.15) is 11.4 Å². The van der Waals surface area contributed by atoms with Crippen molar-refractivity contribution in [3.05, 3.63) is 80.8 Å². The molecule has 2 aliphatic heterocycles. The SMILES string of the molecule is CN(Cc1cccnc1)c1cc(F)c2c(c1)C(=O)OC21CCN(c2nc3c(c(=O)[nH]2)CCCC3)CC1. The molecule has 8 nitrogen and oxygen atoms in total. The highest BCUT2D eigenvalue weighted by molar-refractivity contribution is 5.96. The molecule has 1 spiro atoms. The summed E-state index contributed by atoms with van der Waals surface area (Å²) in [5, 5.41) is 0. The Morgan fingerprint density at radius 3 is 2.78 bits per heavy atom. The number of anilines is 2. The summed E-state index contributed by atoms with van der Waals surface area (Å²) in [6.45, 7) is 1.53. The first-order valence-electron chi connectivity index (χ1n) is 12.5. The molecule has 1 fully saturated rings. The molecule has 0 unspecified atom stereocenters. The molecule has 9 heteroatoms. The Morgan fingerprint density at radius 1 is 1.19 bits per heavy atom. The molecule has 36 heavy (non-hydrogen) atoms. The monoisotopic (exact) mass is 489 g/mol. The maximum atomic E-state index is 15.6. The second-order valence-corrected chi connectivity index (χ2v) is 9.96. The van der Waals surface area contributed by atoms with Crippen LogP contribution in [0.4, 0.5) is 16.0 Å². The van der Waals surface area contributed by atoms with Crippen LogP contribution in [0.2, 0.25) is 0 Å². The summed E-state index contributed by atoms with van der Waals surface area (Å²) < 4.78 is 21.4. The predicted molar refractivity (Wildman–Crippen MR) is 133 cm³/mol. The molecular formula is C27H28FN5O3. The number of ether oxygens (including phenoxy) is 1. The van der Waals surface area contributed by atoms with Gasteiger partial charge in [-0.25, -0.2) is 14.2 Å². The van der Waals surface area contributed by atoms with E-state index < -0.39 is 17.4 Å². The van der Waals surface area contributed by atoms with Crippen molar-refractivity contribution in [3.8, 4) is 0 Å². The Kier molecular flexibility index (Phi) is 5.50. The van der Waals surface area contributed by atoms with E-state index in [0.29, 0.717) is 49.7 Å². The van der Waals surface area contributed by atoms with Gasteiger partial charge in [0.25, 0.3) is 5.56 Å². The number of fused-ring (bicyclic) bond motifs is 3. The smallest absolute Gasteiger partial charge is 0.339 e. The van der Waals surface area contributed by atoms with E-state index in [4.69, 9.17) is 9.72 Å².